The van der Waals surface area contributed by atoms with Crippen LogP contribution in [0.4, 0.5) is 4.79 Å². The van der Waals surface area contributed by atoms with Gasteiger partial charge in [0.1, 0.15) is 0 Å². The van der Waals surface area contributed by atoms with Gasteiger partial charge in [0.15, 0.2) is 0 Å². The molecule has 0 saturated heterocycles. The Hall–Kier alpha value is -0.420. The van der Waals surface area contributed by atoms with Gasteiger partial charge in [0.25, 0.3) is 0 Å². The molecule has 0 spiro atoms. The number of nitrogens with one attached hydrogen (secondary N) is 1. The Balaban J connectivity index is 2.54. The summed E-state index contributed by atoms with van der Waals surface area (Å²) in [7, 11) is 0. The predicted octanol–water partition coefficient (Wildman–Crippen LogP) is 3.36. The van der Waals surface area contributed by atoms with Crippen molar-refractivity contribution in [3.63, 3.8) is 0 Å². The van der Waals surface area contributed by atoms with Gasteiger partial charge >= 0.3 is 6.09 Å². The molecule has 1 aliphatic rings. The van der Waals surface area contributed by atoms with Crippen LogP contribution in [0.25, 0.3) is 0 Å². The second-order valence-electron chi connectivity index (χ2n) is 5.82. The normalized spacial score (nSPS) is 27.8. The maximum absolute atomic E-state index is 10.9. The predicted molar refractivity (Wildman–Crippen MR) is 79.9 cm³/mol. The summed E-state index contributed by atoms with van der Waals surface area (Å²) < 4.78 is 5.90. The summed E-state index contributed by atoms with van der Waals surface area (Å²) in [5.41, 5.74) is 0. The van der Waals surface area contributed by atoms with Gasteiger partial charge in [0.05, 0.1) is 12.2 Å². The van der Waals surface area contributed by atoms with Crippen LogP contribution in [0, 0.1) is 5.92 Å². The fourth-order valence-corrected chi connectivity index (χ4v) is 3.58. The van der Waals surface area contributed by atoms with E-state index in [-0.39, 0.29) is 18.2 Å². The highest BCUT2D eigenvalue weighted by atomic mass is 32.2. The fourth-order valence-electron chi connectivity index (χ4n) is 2.58. The Bertz CT molecular complexity index is 284. The zero-order chi connectivity index (χ0) is 14.4. The molecule has 4 nitrogen and oxygen atoms in total. The Labute approximate surface area is 120 Å². The lowest BCUT2D eigenvalue weighted by atomic mass is 9.84. The molecule has 0 aromatic carbocycles. The maximum atomic E-state index is 10.9. The Morgan fingerprint density at radius 2 is 2.05 bits per heavy atom. The van der Waals surface area contributed by atoms with Crippen LogP contribution in [0.1, 0.15) is 47.0 Å². The number of thioether (sulfide) groups is 1. The summed E-state index contributed by atoms with van der Waals surface area (Å²) in [6.45, 7) is 8.46. The van der Waals surface area contributed by atoms with Crippen molar-refractivity contribution in [3.8, 4) is 0 Å². The van der Waals surface area contributed by atoms with Crippen LogP contribution in [0.5, 0.6) is 0 Å². The molecule has 0 bridgehead atoms. The molecule has 0 aromatic heterocycles. The van der Waals surface area contributed by atoms with Gasteiger partial charge in [0.2, 0.25) is 0 Å². The molecule has 1 aliphatic carbocycles. The first kappa shape index (κ1) is 16.6. The number of amides is 1. The maximum Gasteiger partial charge on any atom is 0.404 e. The van der Waals surface area contributed by atoms with Crippen molar-refractivity contribution in [1.82, 2.24) is 5.32 Å². The zero-order valence-corrected chi connectivity index (χ0v) is 13.2. The van der Waals surface area contributed by atoms with E-state index in [1.807, 2.05) is 11.8 Å². The largest absolute Gasteiger partial charge is 0.465 e. The van der Waals surface area contributed by atoms with E-state index in [9.17, 15) is 4.79 Å². The SMILES string of the molecule is CC(C)OC1CCC(NC(=O)O)C(CSC(C)C)C1. The van der Waals surface area contributed by atoms with Crippen LogP contribution in [-0.4, -0.2) is 40.5 Å². The van der Waals surface area contributed by atoms with Crippen molar-refractivity contribution in [2.45, 2.75) is 70.5 Å². The number of hydrogen-bond donors (Lipinski definition) is 2. The van der Waals surface area contributed by atoms with Crippen LogP contribution in [0.15, 0.2) is 0 Å². The molecule has 112 valence electrons. The van der Waals surface area contributed by atoms with E-state index in [2.05, 4.69) is 33.0 Å². The van der Waals surface area contributed by atoms with Crippen molar-refractivity contribution < 1.29 is 14.6 Å². The zero-order valence-electron chi connectivity index (χ0n) is 12.4. The molecule has 1 fully saturated rings. The van der Waals surface area contributed by atoms with Gasteiger partial charge in [-0.05, 0) is 50.0 Å². The van der Waals surface area contributed by atoms with E-state index < -0.39 is 6.09 Å². The van der Waals surface area contributed by atoms with Gasteiger partial charge in [0, 0.05) is 6.04 Å². The molecule has 3 atom stereocenters. The van der Waals surface area contributed by atoms with Gasteiger partial charge in [-0.2, -0.15) is 11.8 Å². The van der Waals surface area contributed by atoms with E-state index in [0.29, 0.717) is 11.2 Å². The summed E-state index contributed by atoms with van der Waals surface area (Å²) in [6.07, 6.45) is 2.41. The van der Waals surface area contributed by atoms with E-state index in [1.165, 1.54) is 0 Å². The molecular weight excluding hydrogens is 262 g/mol. The fraction of sp³-hybridized carbons (Fsp3) is 0.929. The molecule has 2 N–H and O–H groups in total. The van der Waals surface area contributed by atoms with Crippen LogP contribution >= 0.6 is 11.8 Å². The summed E-state index contributed by atoms with van der Waals surface area (Å²) in [4.78, 5) is 10.9. The molecule has 3 unspecified atom stereocenters. The van der Waals surface area contributed by atoms with Crippen LogP contribution in [-0.2, 0) is 4.74 Å². The number of ether oxygens (including phenoxy) is 1. The highest BCUT2D eigenvalue weighted by molar-refractivity contribution is 7.99. The minimum absolute atomic E-state index is 0.0794. The Morgan fingerprint density at radius 3 is 2.58 bits per heavy atom. The smallest absolute Gasteiger partial charge is 0.404 e. The third-order valence-electron chi connectivity index (χ3n) is 3.35. The van der Waals surface area contributed by atoms with Gasteiger partial charge in [-0.1, -0.05) is 13.8 Å². The first-order chi connectivity index (χ1) is 8.88. The topological polar surface area (TPSA) is 58.6 Å². The second-order valence-corrected chi connectivity index (χ2v) is 7.43. The summed E-state index contributed by atoms with van der Waals surface area (Å²) in [5.74, 6) is 1.38. The van der Waals surface area contributed by atoms with Crippen molar-refractivity contribution in [1.29, 1.82) is 0 Å². The first-order valence-electron chi connectivity index (χ1n) is 7.15. The molecule has 1 amide bonds. The Morgan fingerprint density at radius 1 is 1.37 bits per heavy atom. The molecule has 5 heteroatoms. The van der Waals surface area contributed by atoms with Gasteiger partial charge in [-0.25, -0.2) is 4.79 Å². The van der Waals surface area contributed by atoms with Crippen LogP contribution in [0.3, 0.4) is 0 Å². The average Bonchev–Trinajstić information content (AvgIpc) is 2.27. The summed E-state index contributed by atoms with van der Waals surface area (Å²) in [6, 6.07) is 0.0794. The molecule has 19 heavy (non-hydrogen) atoms. The highest BCUT2D eigenvalue weighted by Crippen LogP contribution is 2.31. The van der Waals surface area contributed by atoms with E-state index in [1.54, 1.807) is 0 Å². The van der Waals surface area contributed by atoms with Crippen molar-refractivity contribution in [3.05, 3.63) is 0 Å². The summed E-state index contributed by atoms with van der Waals surface area (Å²) in [5, 5.41) is 12.2. The van der Waals surface area contributed by atoms with Gasteiger partial charge < -0.3 is 15.2 Å². The monoisotopic (exact) mass is 289 g/mol. The van der Waals surface area contributed by atoms with Crippen LogP contribution < -0.4 is 5.32 Å². The second kappa shape index (κ2) is 8.00. The van der Waals surface area contributed by atoms with Crippen molar-refractivity contribution >= 4 is 17.9 Å². The van der Waals surface area contributed by atoms with Crippen molar-refractivity contribution in [2.24, 2.45) is 5.92 Å². The summed E-state index contributed by atoms with van der Waals surface area (Å²) >= 11 is 1.90. The lowest BCUT2D eigenvalue weighted by molar-refractivity contribution is -0.0273. The lowest BCUT2D eigenvalue weighted by Crippen LogP contribution is -2.46. The Kier molecular flexibility index (Phi) is 7.00. The van der Waals surface area contributed by atoms with E-state index in [0.717, 1.165) is 25.0 Å². The molecule has 0 heterocycles. The highest BCUT2D eigenvalue weighted by Gasteiger charge is 2.32. The lowest BCUT2D eigenvalue weighted by Gasteiger charge is -2.36. The van der Waals surface area contributed by atoms with Gasteiger partial charge in [-0.3, -0.25) is 0 Å². The molecule has 1 saturated carbocycles. The van der Waals surface area contributed by atoms with Crippen LogP contribution in [0.2, 0.25) is 0 Å². The number of carbonyl (C=O) groups is 1. The van der Waals surface area contributed by atoms with E-state index in [4.69, 9.17) is 9.84 Å². The molecule has 0 aliphatic heterocycles. The molecule has 0 radical (unpaired) electrons. The molecular formula is C14H27NO3S. The van der Waals surface area contributed by atoms with Crippen molar-refractivity contribution in [2.75, 3.05) is 5.75 Å². The molecule has 0 aromatic rings. The van der Waals surface area contributed by atoms with E-state index >= 15 is 0 Å². The quantitative estimate of drug-likeness (QED) is 0.787. The third kappa shape index (κ3) is 6.52. The minimum atomic E-state index is -0.909. The number of carboxylic acid groups (broad SMARTS) is 1. The number of hydrogen-bond acceptors (Lipinski definition) is 3. The number of rotatable bonds is 6. The first-order valence-corrected chi connectivity index (χ1v) is 8.19. The molecule has 1 rings (SSSR count). The third-order valence-corrected chi connectivity index (χ3v) is 4.64. The standard InChI is InChI=1S/C14H27NO3S/c1-9(2)18-12-5-6-13(15-14(16)17)11(7-12)8-19-10(3)4/h9-13,15H,5-8H2,1-4H3,(H,16,17). The average molecular weight is 289 g/mol. The minimum Gasteiger partial charge on any atom is -0.465 e. The van der Waals surface area contributed by atoms with Gasteiger partial charge in [-0.15, -0.1) is 0 Å².